The number of nitrogens with one attached hydrogen (secondary N) is 2. The zero-order chi connectivity index (χ0) is 16.3. The van der Waals surface area contributed by atoms with Crippen LogP contribution in [-0.2, 0) is 10.0 Å². The molecule has 0 aliphatic rings. The molecule has 0 saturated heterocycles. The van der Waals surface area contributed by atoms with Gasteiger partial charge in [0.1, 0.15) is 15.0 Å². The summed E-state index contributed by atoms with van der Waals surface area (Å²) in [6.45, 7) is 0. The van der Waals surface area contributed by atoms with Crippen molar-refractivity contribution in [1.29, 1.82) is 0 Å². The molecular formula is C12H10Cl2N2O4S2. The first-order chi connectivity index (χ1) is 10.3. The third-order valence-electron chi connectivity index (χ3n) is 2.57. The maximum Gasteiger partial charge on any atom is 0.266 e. The second-order valence-electron chi connectivity index (χ2n) is 3.98. The van der Waals surface area contributed by atoms with Crippen molar-refractivity contribution in [3.05, 3.63) is 44.6 Å². The molecule has 2 aromatic rings. The molecule has 1 amide bonds. The third kappa shape index (κ3) is 3.90. The Morgan fingerprint density at radius 3 is 2.36 bits per heavy atom. The Bertz CT molecular complexity index is 788. The number of rotatable bonds is 5. The Morgan fingerprint density at radius 1 is 1.23 bits per heavy atom. The van der Waals surface area contributed by atoms with Crippen molar-refractivity contribution in [2.75, 3.05) is 7.11 Å². The number of hydrogen-bond acceptors (Lipinski definition) is 5. The van der Waals surface area contributed by atoms with Crippen molar-refractivity contribution in [1.82, 2.24) is 10.3 Å². The molecule has 22 heavy (non-hydrogen) atoms. The molecule has 0 fully saturated rings. The normalized spacial score (nSPS) is 11.2. The summed E-state index contributed by atoms with van der Waals surface area (Å²) >= 11 is 12.4. The lowest BCUT2D eigenvalue weighted by Crippen LogP contribution is -2.41. The van der Waals surface area contributed by atoms with Crippen LogP contribution in [0.1, 0.15) is 10.4 Å². The van der Waals surface area contributed by atoms with Crippen LogP contribution >= 0.6 is 34.5 Å². The summed E-state index contributed by atoms with van der Waals surface area (Å²) in [5, 5.41) is 0. The molecule has 10 heteroatoms. The number of hydrazine groups is 1. The van der Waals surface area contributed by atoms with Crippen LogP contribution in [0.3, 0.4) is 0 Å². The first kappa shape index (κ1) is 17.0. The summed E-state index contributed by atoms with van der Waals surface area (Å²) in [4.78, 5) is 13.6. The number of carbonyl (C=O) groups is 1. The molecule has 2 rings (SSSR count). The van der Waals surface area contributed by atoms with Crippen LogP contribution in [0.25, 0.3) is 0 Å². The lowest BCUT2D eigenvalue weighted by atomic mass is 10.2. The smallest absolute Gasteiger partial charge is 0.266 e. The van der Waals surface area contributed by atoms with Gasteiger partial charge in [0.2, 0.25) is 0 Å². The number of benzene rings is 1. The highest BCUT2D eigenvalue weighted by molar-refractivity contribution is 7.89. The zero-order valence-electron chi connectivity index (χ0n) is 11.1. The molecule has 0 atom stereocenters. The van der Waals surface area contributed by atoms with E-state index >= 15 is 0 Å². The highest BCUT2D eigenvalue weighted by Crippen LogP contribution is 2.33. The monoisotopic (exact) mass is 380 g/mol. The highest BCUT2D eigenvalue weighted by Gasteiger charge is 2.21. The van der Waals surface area contributed by atoms with Gasteiger partial charge in [-0.25, -0.2) is 8.42 Å². The van der Waals surface area contributed by atoms with Crippen LogP contribution in [0.5, 0.6) is 5.75 Å². The Hall–Kier alpha value is -1.32. The number of ether oxygens (including phenoxy) is 1. The fourth-order valence-electron chi connectivity index (χ4n) is 1.49. The molecule has 1 aromatic carbocycles. The van der Waals surface area contributed by atoms with E-state index in [0.717, 1.165) is 11.3 Å². The van der Waals surface area contributed by atoms with Crippen LogP contribution in [-0.4, -0.2) is 21.4 Å². The highest BCUT2D eigenvalue weighted by atomic mass is 35.5. The van der Waals surface area contributed by atoms with Gasteiger partial charge in [-0.15, -0.1) is 16.2 Å². The van der Waals surface area contributed by atoms with E-state index in [9.17, 15) is 13.2 Å². The molecular weight excluding hydrogens is 371 g/mol. The second kappa shape index (κ2) is 6.84. The summed E-state index contributed by atoms with van der Waals surface area (Å²) in [6, 6.07) is 7.36. The van der Waals surface area contributed by atoms with Crippen LogP contribution in [0, 0.1) is 0 Å². The van der Waals surface area contributed by atoms with Gasteiger partial charge in [-0.2, -0.15) is 0 Å². The minimum absolute atomic E-state index is 0.0104. The van der Waals surface area contributed by atoms with E-state index in [1.54, 1.807) is 12.1 Å². The predicted molar refractivity (Wildman–Crippen MR) is 85.1 cm³/mol. The van der Waals surface area contributed by atoms with E-state index < -0.39 is 15.9 Å². The number of methoxy groups -OCH3 is 1. The van der Waals surface area contributed by atoms with Crippen LogP contribution in [0.2, 0.25) is 8.67 Å². The van der Waals surface area contributed by atoms with Crippen molar-refractivity contribution in [2.24, 2.45) is 0 Å². The third-order valence-corrected chi connectivity index (χ3v) is 5.57. The topological polar surface area (TPSA) is 84.5 Å². The summed E-state index contributed by atoms with van der Waals surface area (Å²) in [5.41, 5.74) is 2.36. The van der Waals surface area contributed by atoms with E-state index in [1.165, 1.54) is 25.3 Å². The fraction of sp³-hybridized carbons (Fsp3) is 0.0833. The van der Waals surface area contributed by atoms with Crippen LogP contribution in [0.4, 0.5) is 0 Å². The minimum Gasteiger partial charge on any atom is -0.497 e. The van der Waals surface area contributed by atoms with E-state index in [4.69, 9.17) is 27.9 Å². The van der Waals surface area contributed by atoms with E-state index in [-0.39, 0.29) is 19.1 Å². The van der Waals surface area contributed by atoms with E-state index in [2.05, 4.69) is 5.43 Å². The molecule has 0 unspecified atom stereocenters. The Balaban J connectivity index is 2.08. The average molecular weight is 381 g/mol. The summed E-state index contributed by atoms with van der Waals surface area (Å²) in [6.07, 6.45) is 0. The maximum atomic E-state index is 12.0. The van der Waals surface area contributed by atoms with Crippen LogP contribution < -0.4 is 15.0 Å². The molecule has 118 valence electrons. The Kier molecular flexibility index (Phi) is 5.30. The zero-order valence-corrected chi connectivity index (χ0v) is 14.2. The van der Waals surface area contributed by atoms with E-state index in [1.807, 2.05) is 4.83 Å². The fourth-order valence-corrected chi connectivity index (χ4v) is 4.48. The van der Waals surface area contributed by atoms with Gasteiger partial charge in [0.05, 0.1) is 11.4 Å². The predicted octanol–water partition coefficient (Wildman–Crippen LogP) is 2.69. The second-order valence-corrected chi connectivity index (χ2v) is 7.91. The summed E-state index contributed by atoms with van der Waals surface area (Å²) < 4.78 is 29.2. The quantitative estimate of drug-likeness (QED) is 0.780. The number of hydrogen-bond donors (Lipinski definition) is 2. The van der Waals surface area contributed by atoms with Gasteiger partial charge in [-0.3, -0.25) is 10.2 Å². The van der Waals surface area contributed by atoms with Gasteiger partial charge in [0.25, 0.3) is 15.9 Å². The van der Waals surface area contributed by atoms with Crippen LogP contribution in [0.15, 0.2) is 35.2 Å². The average Bonchev–Trinajstić information content (AvgIpc) is 2.84. The lowest BCUT2D eigenvalue weighted by Gasteiger charge is -2.08. The number of thiophene rings is 1. The van der Waals surface area contributed by atoms with Gasteiger partial charge in [0, 0.05) is 5.56 Å². The first-order valence-corrected chi connectivity index (χ1v) is 8.80. The van der Waals surface area contributed by atoms with Gasteiger partial charge < -0.3 is 4.74 Å². The number of halogens is 2. The molecule has 1 aromatic heterocycles. The Labute approximate surface area is 141 Å². The van der Waals surface area contributed by atoms with Crippen molar-refractivity contribution >= 4 is 50.5 Å². The molecule has 0 spiro atoms. The van der Waals surface area contributed by atoms with Crippen molar-refractivity contribution in [3.8, 4) is 5.75 Å². The minimum atomic E-state index is -4.00. The lowest BCUT2D eigenvalue weighted by molar-refractivity contribution is 0.0945. The molecule has 0 aliphatic carbocycles. The van der Waals surface area contributed by atoms with Gasteiger partial charge >= 0.3 is 0 Å². The van der Waals surface area contributed by atoms with Crippen molar-refractivity contribution in [3.63, 3.8) is 0 Å². The molecule has 1 heterocycles. The molecule has 0 radical (unpaired) electrons. The largest absolute Gasteiger partial charge is 0.497 e. The summed E-state index contributed by atoms with van der Waals surface area (Å²) in [5.74, 6) is -0.0412. The van der Waals surface area contributed by atoms with Gasteiger partial charge in [-0.05, 0) is 30.3 Å². The maximum absolute atomic E-state index is 12.0. The van der Waals surface area contributed by atoms with Gasteiger partial charge in [0.15, 0.2) is 0 Å². The SMILES string of the molecule is COc1ccc(C(=O)NNS(=O)(=O)c2cc(Cl)sc2Cl)cc1. The molecule has 0 bridgehead atoms. The summed E-state index contributed by atoms with van der Waals surface area (Å²) in [7, 11) is -2.50. The van der Waals surface area contributed by atoms with Crippen molar-refractivity contribution in [2.45, 2.75) is 4.90 Å². The van der Waals surface area contributed by atoms with Crippen molar-refractivity contribution < 1.29 is 17.9 Å². The first-order valence-electron chi connectivity index (χ1n) is 5.74. The number of carbonyl (C=O) groups excluding carboxylic acids is 1. The number of sulfonamides is 1. The molecule has 2 N–H and O–H groups in total. The van der Waals surface area contributed by atoms with Gasteiger partial charge in [-0.1, -0.05) is 23.2 Å². The number of amides is 1. The standard InChI is InChI=1S/C12H10Cl2N2O4S2/c1-20-8-4-2-7(3-5-8)12(17)15-16-22(18,19)9-6-10(13)21-11(9)14/h2-6,16H,1H3,(H,15,17). The molecule has 6 nitrogen and oxygen atoms in total. The van der Waals surface area contributed by atoms with E-state index in [0.29, 0.717) is 5.75 Å². The Morgan fingerprint density at radius 2 is 1.86 bits per heavy atom. The molecule has 0 aliphatic heterocycles. The molecule has 0 saturated carbocycles.